The van der Waals surface area contributed by atoms with E-state index in [-0.39, 0.29) is 28.6 Å². The number of pyridine rings is 1. The Bertz CT molecular complexity index is 974. The molecule has 0 bridgehead atoms. The number of rotatable bonds is 1. The zero-order chi connectivity index (χ0) is 16.1. The monoisotopic (exact) mass is 323 g/mol. The minimum atomic E-state index is -0.300. The van der Waals surface area contributed by atoms with Crippen LogP contribution in [0.2, 0.25) is 5.02 Å². The molecule has 0 saturated heterocycles. The van der Waals surface area contributed by atoms with E-state index >= 15 is 0 Å². The number of aromatic nitrogens is 3. The predicted molar refractivity (Wildman–Crippen MR) is 84.4 cm³/mol. The van der Waals surface area contributed by atoms with Crippen molar-refractivity contribution in [3.8, 4) is 5.69 Å². The first-order valence-corrected chi connectivity index (χ1v) is 7.35. The lowest BCUT2D eigenvalue weighted by Crippen LogP contribution is -2.24. The number of benzene rings is 1. The van der Waals surface area contributed by atoms with E-state index < -0.39 is 0 Å². The number of carbonyl (C=O) groups is 2. The Morgan fingerprint density at radius 2 is 1.74 bits per heavy atom. The second-order valence-electron chi connectivity index (χ2n) is 5.23. The summed E-state index contributed by atoms with van der Waals surface area (Å²) in [5, 5.41) is 0.592. The maximum atomic E-state index is 12.8. The number of carbonyl (C=O) groups excluding carboxylic acids is 2. The summed E-state index contributed by atoms with van der Waals surface area (Å²) in [7, 11) is 0. The van der Waals surface area contributed by atoms with Gasteiger partial charge in [-0.1, -0.05) is 11.6 Å². The number of hydrogen-bond donors (Lipinski definition) is 0. The van der Waals surface area contributed by atoms with Crippen molar-refractivity contribution in [2.24, 2.45) is 0 Å². The molecule has 1 aromatic carbocycles. The van der Waals surface area contributed by atoms with Crippen molar-refractivity contribution < 1.29 is 9.59 Å². The first-order valence-electron chi connectivity index (χ1n) is 6.97. The van der Waals surface area contributed by atoms with Gasteiger partial charge in [0.25, 0.3) is 0 Å². The molecule has 0 spiro atoms. The number of nitrogens with zero attached hydrogens (tertiary/aromatic N) is 3. The third-order valence-corrected chi connectivity index (χ3v) is 4.08. The van der Waals surface area contributed by atoms with Crippen molar-refractivity contribution in [2.45, 2.75) is 6.92 Å². The third-order valence-electron chi connectivity index (χ3n) is 3.83. The van der Waals surface area contributed by atoms with Gasteiger partial charge in [0.05, 0.1) is 5.56 Å². The molecule has 3 aromatic rings. The number of imidazole rings is 1. The lowest BCUT2D eigenvalue weighted by molar-refractivity contribution is 0.0969. The summed E-state index contributed by atoms with van der Waals surface area (Å²) in [5.74, 6) is -0.0175. The summed E-state index contributed by atoms with van der Waals surface area (Å²) in [4.78, 5) is 33.8. The molecule has 2 heterocycles. The minimum absolute atomic E-state index is 0.167. The number of halogens is 1. The smallest absolute Gasteiger partial charge is 0.231 e. The van der Waals surface area contributed by atoms with E-state index in [0.717, 1.165) is 5.69 Å². The third kappa shape index (κ3) is 1.94. The number of aryl methyl sites for hydroxylation is 1. The Balaban J connectivity index is 2.00. The van der Waals surface area contributed by atoms with Crippen LogP contribution in [0.3, 0.4) is 0 Å². The van der Waals surface area contributed by atoms with Crippen LogP contribution in [-0.4, -0.2) is 26.1 Å². The van der Waals surface area contributed by atoms with Crippen LogP contribution in [0.5, 0.6) is 0 Å². The van der Waals surface area contributed by atoms with Crippen LogP contribution in [0.25, 0.3) is 5.69 Å². The maximum Gasteiger partial charge on any atom is 0.231 e. The van der Waals surface area contributed by atoms with Gasteiger partial charge in [-0.3, -0.25) is 19.1 Å². The van der Waals surface area contributed by atoms with Crippen molar-refractivity contribution >= 4 is 23.2 Å². The Kier molecular flexibility index (Phi) is 2.92. The average Bonchev–Trinajstić information content (AvgIpc) is 2.91. The molecule has 1 aliphatic carbocycles. The van der Waals surface area contributed by atoms with E-state index in [9.17, 15) is 9.59 Å². The van der Waals surface area contributed by atoms with E-state index in [0.29, 0.717) is 16.4 Å². The Hall–Kier alpha value is -2.79. The quantitative estimate of drug-likeness (QED) is 0.540. The lowest BCUT2D eigenvalue weighted by atomic mass is 9.94. The molecule has 23 heavy (non-hydrogen) atoms. The Labute approximate surface area is 136 Å². The summed E-state index contributed by atoms with van der Waals surface area (Å²) in [6.45, 7) is 1.76. The highest BCUT2D eigenvalue weighted by atomic mass is 35.5. The molecule has 0 unspecified atom stereocenters. The molecular formula is C17H10ClN3O2. The lowest BCUT2D eigenvalue weighted by Gasteiger charge is -2.15. The van der Waals surface area contributed by atoms with Gasteiger partial charge < -0.3 is 0 Å². The summed E-state index contributed by atoms with van der Waals surface area (Å²) in [6.07, 6.45) is 1.50. The molecule has 0 atom stereocenters. The fourth-order valence-corrected chi connectivity index (χ4v) is 2.94. The molecule has 5 nitrogen and oxygen atoms in total. The zero-order valence-corrected chi connectivity index (χ0v) is 12.8. The van der Waals surface area contributed by atoms with Crippen LogP contribution in [0.4, 0.5) is 0 Å². The van der Waals surface area contributed by atoms with E-state index in [1.54, 1.807) is 47.9 Å². The highest BCUT2D eigenvalue weighted by Gasteiger charge is 2.36. The van der Waals surface area contributed by atoms with E-state index in [1.165, 1.54) is 6.20 Å². The van der Waals surface area contributed by atoms with Crippen molar-refractivity contribution in [2.75, 3.05) is 0 Å². The average molecular weight is 324 g/mol. The highest BCUT2D eigenvalue weighted by molar-refractivity contribution is 6.30. The molecule has 0 aliphatic heterocycles. The number of fused-ring (bicyclic) bond motifs is 2. The normalized spacial score (nSPS) is 13.0. The van der Waals surface area contributed by atoms with Crippen LogP contribution in [0.1, 0.15) is 38.1 Å². The fourth-order valence-electron chi connectivity index (χ4n) is 2.82. The van der Waals surface area contributed by atoms with Crippen LogP contribution >= 0.6 is 11.6 Å². The van der Waals surface area contributed by atoms with Crippen molar-refractivity contribution in [3.63, 3.8) is 0 Å². The summed E-state index contributed by atoms with van der Waals surface area (Å²) in [5.41, 5.74) is 1.61. The van der Waals surface area contributed by atoms with Crippen LogP contribution in [0.15, 0.2) is 42.6 Å². The van der Waals surface area contributed by atoms with Crippen molar-refractivity contribution in [1.29, 1.82) is 0 Å². The van der Waals surface area contributed by atoms with E-state index in [2.05, 4.69) is 9.97 Å². The van der Waals surface area contributed by atoms with E-state index in [1.807, 2.05) is 0 Å². The maximum absolute atomic E-state index is 12.8. The summed E-state index contributed by atoms with van der Waals surface area (Å²) < 4.78 is 1.67. The first kappa shape index (κ1) is 13.8. The van der Waals surface area contributed by atoms with Gasteiger partial charge in [0.2, 0.25) is 11.6 Å². The van der Waals surface area contributed by atoms with Gasteiger partial charge in [0.1, 0.15) is 22.9 Å². The highest BCUT2D eigenvalue weighted by Crippen LogP contribution is 2.29. The molecule has 0 amide bonds. The van der Waals surface area contributed by atoms with Crippen LogP contribution < -0.4 is 0 Å². The molecule has 4 rings (SSSR count). The molecule has 0 radical (unpaired) electrons. The molecule has 2 aromatic heterocycles. The molecule has 0 saturated carbocycles. The topological polar surface area (TPSA) is 64.8 Å². The van der Waals surface area contributed by atoms with Gasteiger partial charge in [0.15, 0.2) is 0 Å². The van der Waals surface area contributed by atoms with Gasteiger partial charge in [-0.25, -0.2) is 4.98 Å². The number of hydrogen-bond acceptors (Lipinski definition) is 4. The summed E-state index contributed by atoms with van der Waals surface area (Å²) >= 11 is 5.92. The van der Waals surface area contributed by atoms with E-state index in [4.69, 9.17) is 11.6 Å². The van der Waals surface area contributed by atoms with Gasteiger partial charge in [-0.05, 0) is 43.3 Å². The van der Waals surface area contributed by atoms with Gasteiger partial charge >= 0.3 is 0 Å². The minimum Gasteiger partial charge on any atom is -0.293 e. The Morgan fingerprint density at radius 1 is 1.00 bits per heavy atom. The molecular weight excluding hydrogens is 314 g/mol. The largest absolute Gasteiger partial charge is 0.293 e. The summed E-state index contributed by atoms with van der Waals surface area (Å²) in [6, 6.07) is 10.3. The Morgan fingerprint density at radius 3 is 2.48 bits per heavy atom. The zero-order valence-electron chi connectivity index (χ0n) is 12.1. The van der Waals surface area contributed by atoms with Gasteiger partial charge in [0, 0.05) is 16.9 Å². The number of ketones is 2. The van der Waals surface area contributed by atoms with Crippen LogP contribution in [-0.2, 0) is 0 Å². The van der Waals surface area contributed by atoms with Crippen molar-refractivity contribution in [3.05, 3.63) is 76.1 Å². The van der Waals surface area contributed by atoms with Gasteiger partial charge in [-0.15, -0.1) is 0 Å². The first-order chi connectivity index (χ1) is 11.1. The second kappa shape index (κ2) is 4.86. The standard InChI is InChI=1S/C17H10ClN3O2/c1-9-20-14-15(21(9)11-6-4-10(18)5-7-11)17(23)13-12(16(14)22)3-2-8-19-13/h2-8H,1H3. The molecule has 0 N–H and O–H groups in total. The molecule has 0 fully saturated rings. The fraction of sp³-hybridized carbons (Fsp3) is 0.0588. The predicted octanol–water partition coefficient (Wildman–Crippen LogP) is 3.00. The SMILES string of the molecule is Cc1nc2c(n1-c1ccc(Cl)cc1)C(=O)c1ncccc1C2=O. The molecule has 112 valence electrons. The molecule has 6 heteroatoms. The second-order valence-corrected chi connectivity index (χ2v) is 5.66. The van der Waals surface area contributed by atoms with Crippen molar-refractivity contribution in [1.82, 2.24) is 14.5 Å². The van der Waals surface area contributed by atoms with Crippen LogP contribution in [0, 0.1) is 6.92 Å². The van der Waals surface area contributed by atoms with Gasteiger partial charge in [-0.2, -0.15) is 0 Å². The molecule has 1 aliphatic rings.